The van der Waals surface area contributed by atoms with E-state index >= 15 is 0 Å². The summed E-state index contributed by atoms with van der Waals surface area (Å²) >= 11 is 1.22. The predicted molar refractivity (Wildman–Crippen MR) is 68.4 cm³/mol. The van der Waals surface area contributed by atoms with Crippen molar-refractivity contribution < 1.29 is 9.90 Å². The topological polar surface area (TPSA) is 72.2 Å². The highest BCUT2D eigenvalue weighted by Crippen LogP contribution is 2.22. The van der Waals surface area contributed by atoms with Crippen LogP contribution in [0.5, 0.6) is 0 Å². The molecule has 6 heteroatoms. The van der Waals surface area contributed by atoms with E-state index in [0.29, 0.717) is 6.54 Å². The first-order chi connectivity index (χ1) is 8.47. The normalized spacial score (nSPS) is 10.6. The van der Waals surface area contributed by atoms with Crippen molar-refractivity contribution in [1.82, 2.24) is 9.55 Å². The molecule has 2 rings (SSSR count). The molecule has 18 heavy (non-hydrogen) atoms. The number of aryl methyl sites for hydroxylation is 2. The summed E-state index contributed by atoms with van der Waals surface area (Å²) in [5.74, 6) is -0.941. The molecule has 5 nitrogen and oxygen atoms in total. The fourth-order valence-electron chi connectivity index (χ4n) is 1.64. The molecule has 2 aromatic heterocycles. The smallest absolute Gasteiger partial charge is 0.347 e. The lowest BCUT2D eigenvalue weighted by Gasteiger charge is -2.04. The highest BCUT2D eigenvalue weighted by Gasteiger charge is 2.11. The van der Waals surface area contributed by atoms with Crippen LogP contribution in [0.15, 0.2) is 23.3 Å². The molecule has 0 saturated heterocycles. The molecule has 0 aromatic carbocycles. The Balaban J connectivity index is 2.37. The first kappa shape index (κ1) is 12.5. The lowest BCUT2D eigenvalue weighted by molar-refractivity contribution is 0.0702. The second-order valence-corrected chi connectivity index (χ2v) is 5.30. The number of carboxylic acids is 1. The maximum absolute atomic E-state index is 11.6. The molecule has 0 saturated carbocycles. The number of thiophene rings is 1. The molecule has 0 amide bonds. The van der Waals surface area contributed by atoms with E-state index in [4.69, 9.17) is 5.11 Å². The number of carbonyl (C=O) groups is 1. The Morgan fingerprint density at radius 1 is 1.50 bits per heavy atom. The zero-order valence-corrected chi connectivity index (χ0v) is 10.8. The summed E-state index contributed by atoms with van der Waals surface area (Å²) in [5, 5.41) is 8.92. The highest BCUT2D eigenvalue weighted by molar-refractivity contribution is 7.14. The molecule has 0 atom stereocenters. The monoisotopic (exact) mass is 264 g/mol. The molecule has 0 aliphatic rings. The van der Waals surface area contributed by atoms with Crippen LogP contribution in [0.2, 0.25) is 0 Å². The van der Waals surface area contributed by atoms with Gasteiger partial charge in [-0.25, -0.2) is 14.6 Å². The minimum absolute atomic E-state index is 0.288. The van der Waals surface area contributed by atoms with Crippen molar-refractivity contribution in [2.45, 2.75) is 20.4 Å². The molecule has 0 aliphatic carbocycles. The van der Waals surface area contributed by atoms with Crippen LogP contribution in [0.25, 0.3) is 0 Å². The van der Waals surface area contributed by atoms with E-state index in [1.54, 1.807) is 12.3 Å². The van der Waals surface area contributed by atoms with Gasteiger partial charge in [0, 0.05) is 17.3 Å². The molecule has 0 radical (unpaired) electrons. The zero-order chi connectivity index (χ0) is 13.3. The Labute approximate surface area is 107 Å². The average molecular weight is 264 g/mol. The standard InChI is InChI=1S/C12H12N2O3S/c1-7-4-13-12(17)14(5-7)6-9-3-10(11(15)16)18-8(9)2/h3-5H,6H2,1-2H3,(H,15,16). The van der Waals surface area contributed by atoms with Crippen LogP contribution in [0.4, 0.5) is 0 Å². The summed E-state index contributed by atoms with van der Waals surface area (Å²) in [5.41, 5.74) is 1.40. The Bertz CT molecular complexity index is 658. The lowest BCUT2D eigenvalue weighted by Crippen LogP contribution is -2.22. The van der Waals surface area contributed by atoms with Crippen molar-refractivity contribution in [1.29, 1.82) is 0 Å². The maximum atomic E-state index is 11.6. The van der Waals surface area contributed by atoms with Crippen LogP contribution in [-0.2, 0) is 6.54 Å². The van der Waals surface area contributed by atoms with Gasteiger partial charge in [-0.05, 0) is 31.0 Å². The molecule has 94 valence electrons. The Hall–Kier alpha value is -1.95. The third-order valence-corrected chi connectivity index (χ3v) is 3.64. The second-order valence-electron chi connectivity index (χ2n) is 4.04. The number of aromatic carboxylic acids is 1. The van der Waals surface area contributed by atoms with Crippen molar-refractivity contribution in [2.75, 3.05) is 0 Å². The summed E-state index contributed by atoms with van der Waals surface area (Å²) in [6.07, 6.45) is 3.23. The summed E-state index contributed by atoms with van der Waals surface area (Å²) in [7, 11) is 0. The molecule has 0 fully saturated rings. The van der Waals surface area contributed by atoms with Crippen LogP contribution in [0.3, 0.4) is 0 Å². The molecular formula is C12H12N2O3S. The van der Waals surface area contributed by atoms with Gasteiger partial charge >= 0.3 is 11.7 Å². The first-order valence-corrected chi connectivity index (χ1v) is 6.14. The summed E-state index contributed by atoms with van der Waals surface area (Å²) in [6, 6.07) is 1.61. The van der Waals surface area contributed by atoms with Crippen LogP contribution in [0, 0.1) is 13.8 Å². The van der Waals surface area contributed by atoms with Crippen molar-refractivity contribution >= 4 is 17.3 Å². The highest BCUT2D eigenvalue weighted by atomic mass is 32.1. The van der Waals surface area contributed by atoms with Crippen LogP contribution < -0.4 is 5.69 Å². The average Bonchev–Trinajstić information content (AvgIpc) is 2.66. The first-order valence-electron chi connectivity index (χ1n) is 5.33. The molecule has 1 N–H and O–H groups in total. The summed E-state index contributed by atoms with van der Waals surface area (Å²) < 4.78 is 1.48. The number of hydrogen-bond acceptors (Lipinski definition) is 4. The molecule has 2 heterocycles. The third kappa shape index (κ3) is 2.48. The van der Waals surface area contributed by atoms with E-state index in [-0.39, 0.29) is 10.6 Å². The molecule has 0 unspecified atom stereocenters. The third-order valence-electron chi connectivity index (χ3n) is 2.56. The molecule has 0 bridgehead atoms. The summed E-state index contributed by atoms with van der Waals surface area (Å²) in [4.78, 5) is 27.4. The largest absolute Gasteiger partial charge is 0.477 e. The number of carboxylic acid groups (broad SMARTS) is 1. The van der Waals surface area contributed by atoms with Gasteiger partial charge in [0.25, 0.3) is 0 Å². The van der Waals surface area contributed by atoms with Gasteiger partial charge in [0.15, 0.2) is 0 Å². The molecule has 0 aliphatic heterocycles. The molecule has 2 aromatic rings. The minimum Gasteiger partial charge on any atom is -0.477 e. The van der Waals surface area contributed by atoms with Crippen molar-refractivity contribution in [3.63, 3.8) is 0 Å². The van der Waals surface area contributed by atoms with Crippen LogP contribution in [-0.4, -0.2) is 20.6 Å². The fourth-order valence-corrected chi connectivity index (χ4v) is 2.52. The van der Waals surface area contributed by atoms with Crippen molar-refractivity contribution in [3.05, 3.63) is 49.8 Å². The number of nitrogens with zero attached hydrogens (tertiary/aromatic N) is 2. The number of aromatic nitrogens is 2. The van der Waals surface area contributed by atoms with E-state index in [1.165, 1.54) is 22.1 Å². The summed E-state index contributed by atoms with van der Waals surface area (Å²) in [6.45, 7) is 4.05. The van der Waals surface area contributed by atoms with Gasteiger partial charge in [0.1, 0.15) is 4.88 Å². The van der Waals surface area contributed by atoms with E-state index in [2.05, 4.69) is 4.98 Å². The SMILES string of the molecule is Cc1cnc(=O)n(Cc2cc(C(=O)O)sc2C)c1. The van der Waals surface area contributed by atoms with Crippen LogP contribution >= 0.6 is 11.3 Å². The predicted octanol–water partition coefficient (Wildman–Crippen LogP) is 1.67. The van der Waals surface area contributed by atoms with Crippen molar-refractivity contribution in [2.24, 2.45) is 0 Å². The van der Waals surface area contributed by atoms with Gasteiger partial charge in [0.2, 0.25) is 0 Å². The van der Waals surface area contributed by atoms with Crippen LogP contribution in [0.1, 0.15) is 25.7 Å². The van der Waals surface area contributed by atoms with E-state index < -0.39 is 5.97 Å². The quantitative estimate of drug-likeness (QED) is 0.915. The minimum atomic E-state index is -0.941. The van der Waals surface area contributed by atoms with Crippen molar-refractivity contribution in [3.8, 4) is 0 Å². The zero-order valence-electron chi connectivity index (χ0n) is 10.0. The number of rotatable bonds is 3. The molecule has 0 spiro atoms. The second kappa shape index (κ2) is 4.73. The Morgan fingerprint density at radius 3 is 2.83 bits per heavy atom. The van der Waals surface area contributed by atoms with Gasteiger partial charge in [-0.1, -0.05) is 0 Å². The molecular weight excluding hydrogens is 252 g/mol. The van der Waals surface area contributed by atoms with Gasteiger partial charge in [-0.15, -0.1) is 11.3 Å². The van der Waals surface area contributed by atoms with Gasteiger partial charge in [-0.3, -0.25) is 4.57 Å². The maximum Gasteiger partial charge on any atom is 0.347 e. The van der Waals surface area contributed by atoms with Gasteiger partial charge in [-0.2, -0.15) is 0 Å². The van der Waals surface area contributed by atoms with Gasteiger partial charge < -0.3 is 5.11 Å². The Kier molecular flexibility index (Phi) is 3.29. The van der Waals surface area contributed by atoms with E-state index in [9.17, 15) is 9.59 Å². The van der Waals surface area contributed by atoms with E-state index in [0.717, 1.165) is 16.0 Å². The lowest BCUT2D eigenvalue weighted by atomic mass is 10.2. The van der Waals surface area contributed by atoms with E-state index in [1.807, 2.05) is 13.8 Å². The fraction of sp³-hybridized carbons (Fsp3) is 0.250. The number of hydrogen-bond donors (Lipinski definition) is 1. The Morgan fingerprint density at radius 2 is 2.22 bits per heavy atom. The van der Waals surface area contributed by atoms with Gasteiger partial charge in [0.05, 0.1) is 6.54 Å².